The zero-order chi connectivity index (χ0) is 20.3. The fourth-order valence-corrected chi connectivity index (χ4v) is 2.82. The fourth-order valence-electron chi connectivity index (χ4n) is 2.82. The van der Waals surface area contributed by atoms with Crippen LogP contribution in [0.25, 0.3) is 0 Å². The molecule has 158 valence electrons. The smallest absolute Gasteiger partial charge is 0.370 e. The molecule has 7 N–H and O–H groups in total. The first-order chi connectivity index (χ1) is 12.0. The van der Waals surface area contributed by atoms with Gasteiger partial charge in [0.1, 0.15) is 0 Å². The molecule has 0 aromatic heterocycles. The molecule has 0 fully saturated rings. The molecule has 0 unspecified atom stereocenters. The minimum atomic E-state index is -4.10. The third-order valence-corrected chi connectivity index (χ3v) is 4.72. The van der Waals surface area contributed by atoms with Crippen LogP contribution in [-0.4, -0.2) is 96.8 Å². The van der Waals surface area contributed by atoms with Crippen molar-refractivity contribution in [2.45, 2.75) is 108 Å². The molecule has 0 aromatic rings. The monoisotopic (exact) mass is 420 g/mol. The van der Waals surface area contributed by atoms with Gasteiger partial charge in [-0.2, -0.15) is 0 Å². The number of hydrogen-bond acceptors (Lipinski definition) is 7. The number of carboxylic acid groups (broad SMARTS) is 1. The van der Waals surface area contributed by atoms with Gasteiger partial charge in [0.2, 0.25) is 5.79 Å². The van der Waals surface area contributed by atoms with Crippen molar-refractivity contribution in [1.29, 1.82) is 0 Å². The summed E-state index contributed by atoms with van der Waals surface area (Å²) >= 11 is 0. The Morgan fingerprint density at radius 3 is 1.33 bits per heavy atom. The first-order valence-electron chi connectivity index (χ1n) is 9.58. The molecule has 0 aliphatic heterocycles. The predicted octanol–water partition coefficient (Wildman–Crippen LogP) is 0.824. The molecule has 0 spiro atoms. The van der Waals surface area contributed by atoms with E-state index in [1.807, 2.05) is 0 Å². The quantitative estimate of drug-likeness (QED) is 0.110. The largest absolute Gasteiger partial charge is 0.477 e. The Kier molecular flexibility index (Phi) is 15.9. The van der Waals surface area contributed by atoms with Crippen LogP contribution >= 0.6 is 0 Å². The van der Waals surface area contributed by atoms with E-state index >= 15 is 0 Å². The predicted molar refractivity (Wildman–Crippen MR) is 101 cm³/mol. The van der Waals surface area contributed by atoms with Crippen molar-refractivity contribution in [2.24, 2.45) is 0 Å². The molecule has 0 amide bonds. The molecular formula is C18H36CaO8. The average molecular weight is 421 g/mol. The molecule has 0 saturated heterocycles. The van der Waals surface area contributed by atoms with Crippen molar-refractivity contribution in [3.63, 3.8) is 0 Å². The van der Waals surface area contributed by atoms with Gasteiger partial charge in [-0.25, -0.2) is 4.79 Å². The van der Waals surface area contributed by atoms with E-state index in [2.05, 4.69) is 6.92 Å². The van der Waals surface area contributed by atoms with E-state index in [4.69, 9.17) is 5.11 Å². The summed E-state index contributed by atoms with van der Waals surface area (Å²) < 4.78 is 0. The molecule has 27 heavy (non-hydrogen) atoms. The van der Waals surface area contributed by atoms with Crippen LogP contribution in [0, 0.1) is 0 Å². The maximum atomic E-state index is 10.6. The van der Waals surface area contributed by atoms with E-state index in [0.29, 0.717) is 6.42 Å². The molecule has 0 aromatic carbocycles. The minimum Gasteiger partial charge on any atom is -0.477 e. The number of rotatable bonds is 16. The third kappa shape index (κ3) is 10.2. The summed E-state index contributed by atoms with van der Waals surface area (Å²) in [5, 5.41) is 65.2. The van der Waals surface area contributed by atoms with Crippen LogP contribution in [0.1, 0.15) is 90.4 Å². The van der Waals surface area contributed by atoms with Gasteiger partial charge < -0.3 is 35.7 Å². The molecule has 9 heteroatoms. The van der Waals surface area contributed by atoms with Crippen molar-refractivity contribution >= 4 is 43.7 Å². The van der Waals surface area contributed by atoms with Gasteiger partial charge in [0.05, 0.1) is 0 Å². The first kappa shape index (κ1) is 29.7. The van der Waals surface area contributed by atoms with Crippen LogP contribution in [0.4, 0.5) is 0 Å². The number of carboxylic acids is 1. The van der Waals surface area contributed by atoms with Crippen molar-refractivity contribution < 1.29 is 40.5 Å². The maximum absolute atomic E-state index is 10.6. The Bertz CT molecular complexity index is 399. The van der Waals surface area contributed by atoms with E-state index in [-0.39, 0.29) is 44.2 Å². The summed E-state index contributed by atoms with van der Waals surface area (Å²) in [5.74, 6) is -13.9. The van der Waals surface area contributed by atoms with Crippen molar-refractivity contribution in [1.82, 2.24) is 0 Å². The Labute approximate surface area is 191 Å². The Morgan fingerprint density at radius 2 is 1.00 bits per heavy atom. The SMILES string of the molecule is CCCCCCCCCCCCCCC(O)(O)C(O)(O)C(O)(O)C(=O)O.[Ca]. The van der Waals surface area contributed by atoms with Crippen LogP contribution in [0.15, 0.2) is 0 Å². The molecule has 0 aliphatic carbocycles. The minimum absolute atomic E-state index is 0. The summed E-state index contributed by atoms with van der Waals surface area (Å²) in [4.78, 5) is 10.6. The maximum Gasteiger partial charge on any atom is 0.370 e. The van der Waals surface area contributed by atoms with Gasteiger partial charge >= 0.3 is 11.8 Å². The van der Waals surface area contributed by atoms with Gasteiger partial charge in [0, 0.05) is 44.2 Å². The van der Waals surface area contributed by atoms with Gasteiger partial charge in [-0.05, 0) is 6.42 Å². The van der Waals surface area contributed by atoms with Crippen LogP contribution < -0.4 is 0 Å². The van der Waals surface area contributed by atoms with Crippen LogP contribution in [0.3, 0.4) is 0 Å². The first-order valence-corrected chi connectivity index (χ1v) is 9.58. The number of unbranched alkanes of at least 4 members (excludes halogenated alkanes) is 11. The van der Waals surface area contributed by atoms with Crippen LogP contribution in [0.5, 0.6) is 0 Å². The Balaban J connectivity index is 0. The van der Waals surface area contributed by atoms with Gasteiger partial charge in [0.15, 0.2) is 0 Å². The average Bonchev–Trinajstić information content (AvgIpc) is 2.55. The molecule has 0 rings (SSSR count). The third-order valence-electron chi connectivity index (χ3n) is 4.72. The summed E-state index contributed by atoms with van der Waals surface area (Å²) in [5.41, 5.74) is 0. The van der Waals surface area contributed by atoms with E-state index < -0.39 is 29.8 Å². The molecule has 2 radical (unpaired) electrons. The second-order valence-electron chi connectivity index (χ2n) is 7.11. The second kappa shape index (κ2) is 14.5. The molecular weight excluding hydrogens is 384 g/mol. The number of hydrogen-bond donors (Lipinski definition) is 7. The zero-order valence-corrected chi connectivity index (χ0v) is 18.6. The topological polar surface area (TPSA) is 159 Å². The van der Waals surface area contributed by atoms with Gasteiger partial charge in [-0.15, -0.1) is 0 Å². The zero-order valence-electron chi connectivity index (χ0n) is 16.4. The van der Waals surface area contributed by atoms with Crippen LogP contribution in [-0.2, 0) is 4.79 Å². The number of aliphatic hydroxyl groups is 6. The van der Waals surface area contributed by atoms with E-state index in [1.165, 1.54) is 38.5 Å². The molecule has 0 heterocycles. The van der Waals surface area contributed by atoms with Crippen molar-refractivity contribution in [3.8, 4) is 0 Å². The van der Waals surface area contributed by atoms with Gasteiger partial charge in [-0.1, -0.05) is 77.6 Å². The second-order valence-corrected chi connectivity index (χ2v) is 7.11. The standard InChI is InChI=1S/C18H36O8.Ca/c1-2-3-4-5-6-7-8-9-10-11-12-13-14-16(21,22)18(25,26)17(23,24)15(19)20;/h21-26H,2-14H2,1H3,(H,19,20);. The Hall–Kier alpha value is 0.490. The molecule has 0 saturated carbocycles. The summed E-state index contributed by atoms with van der Waals surface area (Å²) in [6, 6.07) is 0. The molecule has 0 aliphatic rings. The van der Waals surface area contributed by atoms with E-state index in [9.17, 15) is 35.4 Å². The molecule has 0 bridgehead atoms. The summed E-state index contributed by atoms with van der Waals surface area (Å²) in [7, 11) is 0. The van der Waals surface area contributed by atoms with Gasteiger partial charge in [0.25, 0.3) is 5.79 Å². The van der Waals surface area contributed by atoms with E-state index in [0.717, 1.165) is 25.7 Å². The molecule has 8 nitrogen and oxygen atoms in total. The normalized spacial score (nSPS) is 12.7. The van der Waals surface area contributed by atoms with Crippen LogP contribution in [0.2, 0.25) is 0 Å². The van der Waals surface area contributed by atoms with Gasteiger partial charge in [-0.3, -0.25) is 0 Å². The Morgan fingerprint density at radius 1 is 0.667 bits per heavy atom. The molecule has 0 atom stereocenters. The number of carbonyl (C=O) groups is 1. The van der Waals surface area contributed by atoms with E-state index in [1.54, 1.807) is 0 Å². The van der Waals surface area contributed by atoms with Crippen molar-refractivity contribution in [2.75, 3.05) is 0 Å². The number of aliphatic carboxylic acids is 1. The van der Waals surface area contributed by atoms with Crippen molar-refractivity contribution in [3.05, 3.63) is 0 Å². The summed E-state index contributed by atoms with van der Waals surface area (Å²) in [6.45, 7) is 2.19. The summed E-state index contributed by atoms with van der Waals surface area (Å²) in [6.07, 6.45) is 11.7. The fraction of sp³-hybridized carbons (Fsp3) is 0.944.